The topological polar surface area (TPSA) is 83.6 Å². The van der Waals surface area contributed by atoms with Gasteiger partial charge in [-0.3, -0.25) is 4.79 Å². The van der Waals surface area contributed by atoms with Crippen LogP contribution >= 0.6 is 11.3 Å². The quantitative estimate of drug-likeness (QED) is 0.759. The Morgan fingerprint density at radius 1 is 1.31 bits per heavy atom. The number of hydrogen-bond acceptors (Lipinski definition) is 6. The Morgan fingerprint density at radius 2 is 2.12 bits per heavy atom. The predicted molar refractivity (Wildman–Crippen MR) is 102 cm³/mol. The molecule has 7 nitrogen and oxygen atoms in total. The van der Waals surface area contributed by atoms with Gasteiger partial charge in [0.1, 0.15) is 5.82 Å². The van der Waals surface area contributed by atoms with Gasteiger partial charge in [-0.2, -0.15) is 0 Å². The summed E-state index contributed by atoms with van der Waals surface area (Å²) in [5.74, 6) is 0.552. The second-order valence-corrected chi connectivity index (χ2v) is 7.03. The molecule has 0 unspecified atom stereocenters. The Balaban J connectivity index is 1.59. The van der Waals surface area contributed by atoms with Crippen LogP contribution in [-0.4, -0.2) is 37.2 Å². The number of aromatic nitrogens is 1. The molecule has 2 N–H and O–H groups in total. The number of carbonyl (C=O) groups excluding carboxylic acids is 2. The molecule has 3 rings (SSSR count). The molecule has 1 atom stereocenters. The van der Waals surface area contributed by atoms with Gasteiger partial charge >= 0.3 is 12.0 Å². The van der Waals surface area contributed by atoms with Gasteiger partial charge < -0.3 is 20.3 Å². The number of carbonyl (C=O) groups is 2. The van der Waals surface area contributed by atoms with Gasteiger partial charge in [-0.1, -0.05) is 6.07 Å². The van der Waals surface area contributed by atoms with E-state index in [9.17, 15) is 9.59 Å². The molecular weight excluding hydrogens is 352 g/mol. The lowest BCUT2D eigenvalue weighted by molar-refractivity contribution is -0.141. The molecule has 1 aliphatic rings. The van der Waals surface area contributed by atoms with E-state index in [2.05, 4.69) is 20.5 Å². The number of nitrogens with one attached hydrogen (secondary N) is 2. The van der Waals surface area contributed by atoms with Crippen LogP contribution in [0.4, 0.5) is 16.3 Å². The van der Waals surface area contributed by atoms with E-state index in [-0.39, 0.29) is 18.4 Å². The van der Waals surface area contributed by atoms with E-state index in [1.807, 2.05) is 29.6 Å². The summed E-state index contributed by atoms with van der Waals surface area (Å²) in [6, 6.07) is 6.69. The van der Waals surface area contributed by atoms with Gasteiger partial charge in [0.15, 0.2) is 0 Å². The molecule has 0 aliphatic carbocycles. The summed E-state index contributed by atoms with van der Waals surface area (Å²) in [4.78, 5) is 31.5. The van der Waals surface area contributed by atoms with Gasteiger partial charge in [0.05, 0.1) is 31.5 Å². The highest BCUT2D eigenvalue weighted by molar-refractivity contribution is 7.10. The lowest BCUT2D eigenvalue weighted by Gasteiger charge is -2.18. The molecule has 1 fully saturated rings. The minimum absolute atomic E-state index is 0.0799. The summed E-state index contributed by atoms with van der Waals surface area (Å²) in [7, 11) is 1.33. The van der Waals surface area contributed by atoms with Crippen molar-refractivity contribution in [2.75, 3.05) is 30.4 Å². The van der Waals surface area contributed by atoms with Crippen molar-refractivity contribution in [2.24, 2.45) is 0 Å². The first-order chi connectivity index (χ1) is 12.7. The summed E-state index contributed by atoms with van der Waals surface area (Å²) in [6.45, 7) is 2.05. The molecule has 26 heavy (non-hydrogen) atoms. The second kappa shape index (κ2) is 8.66. The smallest absolute Gasteiger partial charge is 0.319 e. The van der Waals surface area contributed by atoms with Gasteiger partial charge in [-0.05, 0) is 36.4 Å². The summed E-state index contributed by atoms with van der Waals surface area (Å²) >= 11 is 1.48. The van der Waals surface area contributed by atoms with Crippen molar-refractivity contribution in [1.82, 2.24) is 10.3 Å². The molecule has 1 aliphatic heterocycles. The number of anilines is 2. The highest BCUT2D eigenvalue weighted by Gasteiger charge is 2.20. The molecule has 0 bridgehead atoms. The van der Waals surface area contributed by atoms with Crippen LogP contribution in [0, 0.1) is 0 Å². The standard InChI is InChI=1S/C18H22N4O3S/c1-25-17(23)11-14(15-5-4-10-26-15)21-18(24)20-13-6-7-16(19-12-13)22-8-2-3-9-22/h4-7,10,12,14H,2-3,8-9,11H2,1H3,(H2,20,21,24)/t14-/m0/s1. The largest absolute Gasteiger partial charge is 0.469 e. The number of esters is 1. The molecule has 8 heteroatoms. The molecule has 3 heterocycles. The van der Waals surface area contributed by atoms with Gasteiger partial charge in [-0.15, -0.1) is 11.3 Å². The fourth-order valence-electron chi connectivity index (χ4n) is 2.88. The van der Waals surface area contributed by atoms with E-state index in [1.54, 1.807) is 6.20 Å². The Kier molecular flexibility index (Phi) is 6.06. The lowest BCUT2D eigenvalue weighted by atomic mass is 10.2. The van der Waals surface area contributed by atoms with Crippen molar-refractivity contribution < 1.29 is 14.3 Å². The molecule has 2 amide bonds. The second-order valence-electron chi connectivity index (χ2n) is 6.05. The first-order valence-electron chi connectivity index (χ1n) is 8.54. The van der Waals surface area contributed by atoms with Gasteiger partial charge in [0, 0.05) is 18.0 Å². The normalized spacial score (nSPS) is 14.7. The minimum atomic E-state index is -0.431. The molecule has 0 radical (unpaired) electrons. The monoisotopic (exact) mass is 374 g/mol. The molecular formula is C18H22N4O3S. The molecule has 1 saturated heterocycles. The van der Waals surface area contributed by atoms with Crippen molar-refractivity contribution >= 4 is 34.8 Å². The number of nitrogens with zero attached hydrogens (tertiary/aromatic N) is 2. The summed E-state index contributed by atoms with van der Waals surface area (Å²) in [5.41, 5.74) is 0.605. The third kappa shape index (κ3) is 4.72. The number of urea groups is 1. The van der Waals surface area contributed by atoms with Crippen LogP contribution in [0.3, 0.4) is 0 Å². The van der Waals surface area contributed by atoms with E-state index in [0.717, 1.165) is 23.8 Å². The third-order valence-corrected chi connectivity index (χ3v) is 5.21. The highest BCUT2D eigenvalue weighted by Crippen LogP contribution is 2.23. The third-order valence-electron chi connectivity index (χ3n) is 4.23. The van der Waals surface area contributed by atoms with Crippen molar-refractivity contribution in [3.05, 3.63) is 40.7 Å². The van der Waals surface area contributed by atoms with Crippen molar-refractivity contribution in [3.8, 4) is 0 Å². The molecule has 0 spiro atoms. The van der Waals surface area contributed by atoms with E-state index in [1.165, 1.54) is 31.3 Å². The van der Waals surface area contributed by atoms with Crippen LogP contribution in [0.1, 0.15) is 30.2 Å². The van der Waals surface area contributed by atoms with Crippen molar-refractivity contribution in [3.63, 3.8) is 0 Å². The Labute approximate surface area is 156 Å². The highest BCUT2D eigenvalue weighted by atomic mass is 32.1. The van der Waals surface area contributed by atoms with Gasteiger partial charge in [-0.25, -0.2) is 9.78 Å². The van der Waals surface area contributed by atoms with Crippen LogP contribution in [0.2, 0.25) is 0 Å². The summed E-state index contributed by atoms with van der Waals surface area (Å²) < 4.78 is 4.72. The Hall–Kier alpha value is -2.61. The number of ether oxygens (including phenoxy) is 1. The van der Waals surface area contributed by atoms with Crippen LogP contribution < -0.4 is 15.5 Å². The van der Waals surface area contributed by atoms with Crippen LogP contribution in [-0.2, 0) is 9.53 Å². The van der Waals surface area contributed by atoms with Crippen LogP contribution in [0.25, 0.3) is 0 Å². The lowest BCUT2D eigenvalue weighted by Crippen LogP contribution is -2.33. The van der Waals surface area contributed by atoms with E-state index in [0.29, 0.717) is 5.69 Å². The Morgan fingerprint density at radius 3 is 2.73 bits per heavy atom. The van der Waals surface area contributed by atoms with E-state index >= 15 is 0 Å². The maximum atomic E-state index is 12.3. The van der Waals surface area contributed by atoms with Crippen molar-refractivity contribution in [1.29, 1.82) is 0 Å². The van der Waals surface area contributed by atoms with Crippen molar-refractivity contribution in [2.45, 2.75) is 25.3 Å². The SMILES string of the molecule is COC(=O)C[C@H](NC(=O)Nc1ccc(N2CCCC2)nc1)c1cccs1. The molecule has 2 aromatic heterocycles. The summed E-state index contributed by atoms with van der Waals surface area (Å²) in [5, 5.41) is 7.49. The maximum Gasteiger partial charge on any atom is 0.319 e. The van der Waals surface area contributed by atoms with Crippen LogP contribution in [0.5, 0.6) is 0 Å². The first-order valence-corrected chi connectivity index (χ1v) is 9.42. The minimum Gasteiger partial charge on any atom is -0.469 e. The maximum absolute atomic E-state index is 12.3. The molecule has 138 valence electrons. The van der Waals surface area contributed by atoms with Crippen LogP contribution in [0.15, 0.2) is 35.8 Å². The number of rotatable bonds is 6. The predicted octanol–water partition coefficient (Wildman–Crippen LogP) is 3.17. The zero-order chi connectivity index (χ0) is 18.4. The molecule has 0 aromatic carbocycles. The number of hydrogen-bond donors (Lipinski definition) is 2. The number of thiophene rings is 1. The summed E-state index contributed by atoms with van der Waals surface area (Å²) in [6.07, 6.45) is 4.10. The Bertz CT molecular complexity index is 727. The van der Waals surface area contributed by atoms with E-state index in [4.69, 9.17) is 4.74 Å². The van der Waals surface area contributed by atoms with Gasteiger partial charge in [0.25, 0.3) is 0 Å². The fourth-order valence-corrected chi connectivity index (χ4v) is 3.66. The van der Waals surface area contributed by atoms with Gasteiger partial charge in [0.2, 0.25) is 0 Å². The number of pyridine rings is 1. The molecule has 0 saturated carbocycles. The zero-order valence-corrected chi connectivity index (χ0v) is 15.4. The first kappa shape index (κ1) is 18.2. The molecule has 2 aromatic rings. The number of methoxy groups -OCH3 is 1. The number of amides is 2. The average molecular weight is 374 g/mol. The fraction of sp³-hybridized carbons (Fsp3) is 0.389. The zero-order valence-electron chi connectivity index (χ0n) is 14.6. The van der Waals surface area contributed by atoms with E-state index < -0.39 is 6.04 Å². The average Bonchev–Trinajstić information content (AvgIpc) is 3.35.